The summed E-state index contributed by atoms with van der Waals surface area (Å²) in [5.41, 5.74) is 0.398. The largest absolute Gasteiger partial charge is 0.305 e. The average Bonchev–Trinajstić information content (AvgIpc) is 2.25. The number of hydrogen-bond acceptors (Lipinski definition) is 2. The molecular formula is C13H28N2. The van der Waals surface area contributed by atoms with E-state index in [0.717, 1.165) is 6.04 Å². The van der Waals surface area contributed by atoms with Crippen molar-refractivity contribution in [1.82, 2.24) is 9.80 Å². The highest BCUT2D eigenvalue weighted by Gasteiger charge is 2.33. The fourth-order valence-corrected chi connectivity index (χ4v) is 2.61. The Morgan fingerprint density at radius 3 is 2.13 bits per heavy atom. The van der Waals surface area contributed by atoms with Gasteiger partial charge in [-0.05, 0) is 39.3 Å². The Labute approximate surface area is 95.6 Å². The van der Waals surface area contributed by atoms with Crippen LogP contribution in [0.25, 0.3) is 0 Å². The summed E-state index contributed by atoms with van der Waals surface area (Å²) in [6.45, 7) is 15.4. The molecule has 0 spiro atoms. The number of nitrogens with zero attached hydrogens (tertiary/aromatic N) is 2. The molecule has 0 aromatic rings. The SMILES string of the molecule is CC(C)N1CCN(C)CC[C@@H]1C(C)(C)C. The predicted molar refractivity (Wildman–Crippen MR) is 67.2 cm³/mol. The molecule has 1 saturated heterocycles. The van der Waals surface area contributed by atoms with Gasteiger partial charge in [0.25, 0.3) is 0 Å². The quantitative estimate of drug-likeness (QED) is 0.659. The highest BCUT2D eigenvalue weighted by molar-refractivity contribution is 4.88. The van der Waals surface area contributed by atoms with Crippen molar-refractivity contribution in [2.45, 2.75) is 53.1 Å². The van der Waals surface area contributed by atoms with E-state index < -0.39 is 0 Å². The van der Waals surface area contributed by atoms with Gasteiger partial charge in [0.2, 0.25) is 0 Å². The van der Waals surface area contributed by atoms with Crippen LogP contribution in [-0.4, -0.2) is 48.6 Å². The molecule has 1 atom stereocenters. The van der Waals surface area contributed by atoms with Gasteiger partial charge in [-0.2, -0.15) is 0 Å². The molecule has 2 nitrogen and oxygen atoms in total. The zero-order valence-corrected chi connectivity index (χ0v) is 11.4. The monoisotopic (exact) mass is 212 g/mol. The van der Waals surface area contributed by atoms with Crippen molar-refractivity contribution in [3.05, 3.63) is 0 Å². The molecule has 1 aliphatic heterocycles. The van der Waals surface area contributed by atoms with Gasteiger partial charge in [0.05, 0.1) is 0 Å². The van der Waals surface area contributed by atoms with Crippen LogP contribution in [0.5, 0.6) is 0 Å². The van der Waals surface area contributed by atoms with E-state index in [9.17, 15) is 0 Å². The minimum absolute atomic E-state index is 0.398. The first-order valence-corrected chi connectivity index (χ1v) is 6.26. The Balaban J connectivity index is 2.78. The van der Waals surface area contributed by atoms with E-state index in [-0.39, 0.29) is 0 Å². The van der Waals surface area contributed by atoms with Gasteiger partial charge in [0.1, 0.15) is 0 Å². The maximum absolute atomic E-state index is 2.68. The van der Waals surface area contributed by atoms with Crippen molar-refractivity contribution in [2.24, 2.45) is 5.41 Å². The lowest BCUT2D eigenvalue weighted by atomic mass is 9.83. The Morgan fingerprint density at radius 2 is 1.67 bits per heavy atom. The molecule has 1 aliphatic rings. The smallest absolute Gasteiger partial charge is 0.0159 e. The summed E-state index contributed by atoms with van der Waals surface area (Å²) in [6, 6.07) is 1.39. The molecule has 0 saturated carbocycles. The fraction of sp³-hybridized carbons (Fsp3) is 1.00. The highest BCUT2D eigenvalue weighted by atomic mass is 15.2. The van der Waals surface area contributed by atoms with E-state index in [0.29, 0.717) is 11.5 Å². The highest BCUT2D eigenvalue weighted by Crippen LogP contribution is 2.29. The molecule has 15 heavy (non-hydrogen) atoms. The lowest BCUT2D eigenvalue weighted by molar-refractivity contribution is 0.0767. The molecule has 0 aliphatic carbocycles. The summed E-state index contributed by atoms with van der Waals surface area (Å²) in [5, 5.41) is 0. The Hall–Kier alpha value is -0.0800. The van der Waals surface area contributed by atoms with Crippen LogP contribution < -0.4 is 0 Å². The molecule has 0 amide bonds. The van der Waals surface area contributed by atoms with Crippen molar-refractivity contribution in [1.29, 1.82) is 0 Å². The molecule has 0 radical (unpaired) electrons. The molecule has 0 N–H and O–H groups in total. The van der Waals surface area contributed by atoms with Gasteiger partial charge in [-0.1, -0.05) is 20.8 Å². The number of hydrogen-bond donors (Lipinski definition) is 0. The summed E-state index contributed by atoms with van der Waals surface area (Å²) < 4.78 is 0. The number of likely N-dealkylation sites (N-methyl/N-ethyl adjacent to an activating group) is 1. The topological polar surface area (TPSA) is 6.48 Å². The lowest BCUT2D eigenvalue weighted by Crippen LogP contribution is -2.47. The van der Waals surface area contributed by atoms with E-state index >= 15 is 0 Å². The van der Waals surface area contributed by atoms with Crippen molar-refractivity contribution in [3.8, 4) is 0 Å². The van der Waals surface area contributed by atoms with Crippen molar-refractivity contribution in [2.75, 3.05) is 26.7 Å². The summed E-state index contributed by atoms with van der Waals surface area (Å²) in [5.74, 6) is 0. The minimum atomic E-state index is 0.398. The summed E-state index contributed by atoms with van der Waals surface area (Å²) in [6.07, 6.45) is 1.30. The van der Waals surface area contributed by atoms with Crippen molar-refractivity contribution < 1.29 is 0 Å². The zero-order valence-electron chi connectivity index (χ0n) is 11.4. The molecule has 0 aromatic heterocycles. The summed E-state index contributed by atoms with van der Waals surface area (Å²) in [4.78, 5) is 5.14. The van der Waals surface area contributed by atoms with E-state index in [4.69, 9.17) is 0 Å². The lowest BCUT2D eigenvalue weighted by Gasteiger charge is -2.41. The molecule has 0 aromatic carbocycles. The van der Waals surface area contributed by atoms with Crippen LogP contribution in [0.2, 0.25) is 0 Å². The third-order valence-corrected chi connectivity index (χ3v) is 3.59. The zero-order chi connectivity index (χ0) is 11.6. The van der Waals surface area contributed by atoms with Gasteiger partial charge >= 0.3 is 0 Å². The molecule has 2 heteroatoms. The molecule has 1 rings (SSSR count). The number of rotatable bonds is 1. The summed E-state index contributed by atoms with van der Waals surface area (Å²) in [7, 11) is 2.24. The first-order chi connectivity index (χ1) is 6.82. The van der Waals surface area contributed by atoms with Gasteiger partial charge in [-0.15, -0.1) is 0 Å². The molecule has 0 unspecified atom stereocenters. The fourth-order valence-electron chi connectivity index (χ4n) is 2.61. The van der Waals surface area contributed by atoms with Gasteiger partial charge in [-0.25, -0.2) is 0 Å². The third-order valence-electron chi connectivity index (χ3n) is 3.59. The molecule has 1 heterocycles. The second-order valence-corrected chi connectivity index (χ2v) is 6.31. The van der Waals surface area contributed by atoms with Crippen LogP contribution in [-0.2, 0) is 0 Å². The molecule has 0 bridgehead atoms. The van der Waals surface area contributed by atoms with Gasteiger partial charge in [0.15, 0.2) is 0 Å². The second kappa shape index (κ2) is 4.84. The standard InChI is InChI=1S/C13H28N2/c1-11(2)15-10-9-14(6)8-7-12(15)13(3,4)5/h11-12H,7-10H2,1-6H3/t12-/m1/s1. The van der Waals surface area contributed by atoms with E-state index in [2.05, 4.69) is 51.5 Å². The first-order valence-electron chi connectivity index (χ1n) is 6.26. The minimum Gasteiger partial charge on any atom is -0.305 e. The summed E-state index contributed by atoms with van der Waals surface area (Å²) >= 11 is 0. The molecule has 1 fully saturated rings. The maximum Gasteiger partial charge on any atom is 0.0159 e. The molecule has 90 valence electrons. The predicted octanol–water partition coefficient (Wildman–Crippen LogP) is 2.45. The van der Waals surface area contributed by atoms with Gasteiger partial charge in [0, 0.05) is 25.2 Å². The van der Waals surface area contributed by atoms with Crippen LogP contribution >= 0.6 is 0 Å². The van der Waals surface area contributed by atoms with Gasteiger partial charge in [-0.3, -0.25) is 4.90 Å². The van der Waals surface area contributed by atoms with E-state index in [1.165, 1.54) is 26.1 Å². The van der Waals surface area contributed by atoms with Crippen LogP contribution in [0.1, 0.15) is 41.0 Å². The average molecular weight is 212 g/mol. The Kier molecular flexibility index (Phi) is 4.19. The van der Waals surface area contributed by atoms with E-state index in [1.807, 2.05) is 0 Å². The Bertz CT molecular complexity index is 193. The molecular weight excluding hydrogens is 184 g/mol. The maximum atomic E-state index is 2.68. The van der Waals surface area contributed by atoms with Crippen molar-refractivity contribution >= 4 is 0 Å². The van der Waals surface area contributed by atoms with E-state index in [1.54, 1.807) is 0 Å². The van der Waals surface area contributed by atoms with Crippen LogP contribution in [0, 0.1) is 5.41 Å². The van der Waals surface area contributed by atoms with Crippen molar-refractivity contribution in [3.63, 3.8) is 0 Å². The van der Waals surface area contributed by atoms with Crippen LogP contribution in [0.15, 0.2) is 0 Å². The van der Waals surface area contributed by atoms with Crippen LogP contribution in [0.3, 0.4) is 0 Å². The second-order valence-electron chi connectivity index (χ2n) is 6.31. The first kappa shape index (κ1) is 13.0. The normalized spacial score (nSPS) is 27.0. The van der Waals surface area contributed by atoms with Gasteiger partial charge < -0.3 is 4.90 Å². The third kappa shape index (κ3) is 3.46. The van der Waals surface area contributed by atoms with Crippen LogP contribution in [0.4, 0.5) is 0 Å². The Morgan fingerprint density at radius 1 is 1.07 bits per heavy atom.